The molecule has 16 heavy (non-hydrogen) atoms. The van der Waals surface area contributed by atoms with Crippen LogP contribution in [0.25, 0.3) is 0 Å². The van der Waals surface area contributed by atoms with E-state index >= 15 is 0 Å². The smallest absolute Gasteiger partial charge is 0.323 e. The molecule has 1 heterocycles. The van der Waals surface area contributed by atoms with Gasteiger partial charge in [0.25, 0.3) is 0 Å². The molecule has 1 rings (SSSR count). The molecule has 0 aliphatic carbocycles. The Morgan fingerprint density at radius 1 is 1.38 bits per heavy atom. The number of esters is 1. The molecule has 0 bridgehead atoms. The van der Waals surface area contributed by atoms with Crippen molar-refractivity contribution in [3.63, 3.8) is 0 Å². The molecule has 0 aromatic heterocycles. The number of hydrogen-bond donors (Lipinski definition) is 1. The Labute approximate surface area is 97.0 Å². The van der Waals surface area contributed by atoms with Crippen LogP contribution in [0.5, 0.6) is 0 Å². The second kappa shape index (κ2) is 6.83. The SMILES string of the molecule is CCOC(=O)C(C)N1CCN(CCO)CC1. The average molecular weight is 230 g/mol. The zero-order valence-corrected chi connectivity index (χ0v) is 10.2. The number of rotatable bonds is 5. The summed E-state index contributed by atoms with van der Waals surface area (Å²) in [7, 11) is 0. The number of piperazine rings is 1. The lowest BCUT2D eigenvalue weighted by molar-refractivity contribution is -0.149. The molecule has 0 amide bonds. The minimum atomic E-state index is -0.156. The van der Waals surface area contributed by atoms with E-state index in [-0.39, 0.29) is 18.6 Å². The summed E-state index contributed by atoms with van der Waals surface area (Å²) in [5.74, 6) is -0.141. The van der Waals surface area contributed by atoms with Crippen molar-refractivity contribution < 1.29 is 14.6 Å². The Morgan fingerprint density at radius 2 is 2.00 bits per heavy atom. The lowest BCUT2D eigenvalue weighted by Gasteiger charge is -2.36. The van der Waals surface area contributed by atoms with Crippen molar-refractivity contribution >= 4 is 5.97 Å². The standard InChI is InChI=1S/C11H22N2O3/c1-3-16-11(15)10(2)13-6-4-12(5-7-13)8-9-14/h10,14H,3-9H2,1-2H3. The summed E-state index contributed by atoms with van der Waals surface area (Å²) in [4.78, 5) is 15.9. The third kappa shape index (κ3) is 3.73. The second-order valence-corrected chi connectivity index (χ2v) is 4.03. The first-order valence-electron chi connectivity index (χ1n) is 5.93. The molecular weight excluding hydrogens is 208 g/mol. The molecule has 1 N–H and O–H groups in total. The topological polar surface area (TPSA) is 53.0 Å². The number of carbonyl (C=O) groups excluding carboxylic acids is 1. The molecule has 5 nitrogen and oxygen atoms in total. The van der Waals surface area contributed by atoms with Crippen LogP contribution in [0.4, 0.5) is 0 Å². The number of nitrogens with zero attached hydrogens (tertiary/aromatic N) is 2. The fourth-order valence-electron chi connectivity index (χ4n) is 1.93. The van der Waals surface area contributed by atoms with Crippen LogP contribution in [0, 0.1) is 0 Å². The molecule has 0 spiro atoms. The maximum absolute atomic E-state index is 11.5. The molecule has 1 aliphatic heterocycles. The Morgan fingerprint density at radius 3 is 2.50 bits per heavy atom. The van der Waals surface area contributed by atoms with Gasteiger partial charge in [-0.1, -0.05) is 0 Å². The molecule has 5 heteroatoms. The summed E-state index contributed by atoms with van der Waals surface area (Å²) in [5.41, 5.74) is 0. The quantitative estimate of drug-likeness (QED) is 0.648. The van der Waals surface area contributed by atoms with Gasteiger partial charge in [0.2, 0.25) is 0 Å². The Bertz CT molecular complexity index is 215. The highest BCUT2D eigenvalue weighted by molar-refractivity contribution is 5.75. The average Bonchev–Trinajstić information content (AvgIpc) is 2.30. The van der Waals surface area contributed by atoms with E-state index in [1.165, 1.54) is 0 Å². The highest BCUT2D eigenvalue weighted by atomic mass is 16.5. The van der Waals surface area contributed by atoms with Crippen LogP contribution in [-0.4, -0.2) is 72.9 Å². The largest absolute Gasteiger partial charge is 0.465 e. The van der Waals surface area contributed by atoms with Crippen LogP contribution >= 0.6 is 0 Å². The van der Waals surface area contributed by atoms with E-state index in [1.54, 1.807) is 0 Å². The van der Waals surface area contributed by atoms with Crippen molar-refractivity contribution in [2.75, 3.05) is 45.9 Å². The molecule has 1 saturated heterocycles. The summed E-state index contributed by atoms with van der Waals surface area (Å²) >= 11 is 0. The third-order valence-electron chi connectivity index (χ3n) is 3.00. The Hall–Kier alpha value is -0.650. The normalized spacial score (nSPS) is 20.7. The first-order chi connectivity index (χ1) is 7.69. The van der Waals surface area contributed by atoms with Crippen molar-refractivity contribution in [2.24, 2.45) is 0 Å². The van der Waals surface area contributed by atoms with Crippen LogP contribution in [0.2, 0.25) is 0 Å². The van der Waals surface area contributed by atoms with Crippen molar-refractivity contribution in [2.45, 2.75) is 19.9 Å². The second-order valence-electron chi connectivity index (χ2n) is 4.03. The number of aliphatic hydroxyl groups excluding tert-OH is 1. The zero-order chi connectivity index (χ0) is 12.0. The molecule has 1 unspecified atom stereocenters. The lowest BCUT2D eigenvalue weighted by atomic mass is 10.2. The van der Waals surface area contributed by atoms with Gasteiger partial charge in [-0.25, -0.2) is 0 Å². The molecule has 0 radical (unpaired) electrons. The number of β-amino-alcohol motifs (C(OH)–C–C–N with tert-alkyl or cyclic N) is 1. The van der Waals surface area contributed by atoms with E-state index in [1.807, 2.05) is 13.8 Å². The molecule has 0 saturated carbocycles. The minimum absolute atomic E-state index is 0.141. The van der Waals surface area contributed by atoms with Gasteiger partial charge in [-0.05, 0) is 13.8 Å². The lowest BCUT2D eigenvalue weighted by Crippen LogP contribution is -2.52. The van der Waals surface area contributed by atoms with E-state index in [2.05, 4.69) is 9.80 Å². The van der Waals surface area contributed by atoms with Crippen LogP contribution < -0.4 is 0 Å². The van der Waals surface area contributed by atoms with Crippen molar-refractivity contribution in [1.29, 1.82) is 0 Å². The molecular formula is C11H22N2O3. The number of ether oxygens (including phenoxy) is 1. The van der Waals surface area contributed by atoms with Gasteiger partial charge in [0, 0.05) is 32.7 Å². The fourth-order valence-corrected chi connectivity index (χ4v) is 1.93. The molecule has 0 aromatic rings. The molecule has 1 atom stereocenters. The van der Waals surface area contributed by atoms with Gasteiger partial charge in [0.05, 0.1) is 13.2 Å². The summed E-state index contributed by atoms with van der Waals surface area (Å²) in [6, 6.07) is -0.156. The van der Waals surface area contributed by atoms with Gasteiger partial charge >= 0.3 is 5.97 Å². The summed E-state index contributed by atoms with van der Waals surface area (Å²) < 4.78 is 5.00. The maximum atomic E-state index is 11.5. The van der Waals surface area contributed by atoms with Gasteiger partial charge in [0.1, 0.15) is 6.04 Å². The minimum Gasteiger partial charge on any atom is -0.465 e. The van der Waals surface area contributed by atoms with Gasteiger partial charge < -0.3 is 9.84 Å². The first kappa shape index (κ1) is 13.4. The van der Waals surface area contributed by atoms with E-state index in [0.29, 0.717) is 6.61 Å². The predicted octanol–water partition coefficient (Wildman–Crippen LogP) is -0.452. The molecule has 94 valence electrons. The molecule has 0 aromatic carbocycles. The van der Waals surface area contributed by atoms with E-state index in [0.717, 1.165) is 32.7 Å². The van der Waals surface area contributed by atoms with E-state index in [4.69, 9.17) is 9.84 Å². The summed E-state index contributed by atoms with van der Waals surface area (Å²) in [6.45, 7) is 8.61. The van der Waals surface area contributed by atoms with Crippen molar-refractivity contribution in [3.8, 4) is 0 Å². The van der Waals surface area contributed by atoms with Gasteiger partial charge in [0.15, 0.2) is 0 Å². The van der Waals surface area contributed by atoms with Crippen LogP contribution in [0.3, 0.4) is 0 Å². The number of hydrogen-bond acceptors (Lipinski definition) is 5. The van der Waals surface area contributed by atoms with Gasteiger partial charge in [-0.3, -0.25) is 14.6 Å². The Kier molecular flexibility index (Phi) is 5.73. The van der Waals surface area contributed by atoms with Crippen molar-refractivity contribution in [3.05, 3.63) is 0 Å². The van der Waals surface area contributed by atoms with Crippen LogP contribution in [-0.2, 0) is 9.53 Å². The summed E-state index contributed by atoms with van der Waals surface area (Å²) in [6.07, 6.45) is 0. The monoisotopic (exact) mass is 230 g/mol. The molecule has 1 fully saturated rings. The Balaban J connectivity index is 2.32. The molecule has 1 aliphatic rings. The zero-order valence-electron chi connectivity index (χ0n) is 10.2. The van der Waals surface area contributed by atoms with Crippen LogP contribution in [0.15, 0.2) is 0 Å². The van der Waals surface area contributed by atoms with Crippen molar-refractivity contribution in [1.82, 2.24) is 9.80 Å². The third-order valence-corrected chi connectivity index (χ3v) is 3.00. The highest BCUT2D eigenvalue weighted by Gasteiger charge is 2.25. The number of aliphatic hydroxyl groups is 1. The fraction of sp³-hybridized carbons (Fsp3) is 0.909. The van der Waals surface area contributed by atoms with Crippen LogP contribution in [0.1, 0.15) is 13.8 Å². The van der Waals surface area contributed by atoms with Gasteiger partial charge in [-0.2, -0.15) is 0 Å². The predicted molar refractivity (Wildman–Crippen MR) is 61.2 cm³/mol. The summed E-state index contributed by atoms with van der Waals surface area (Å²) in [5, 5.41) is 8.82. The number of carbonyl (C=O) groups is 1. The highest BCUT2D eigenvalue weighted by Crippen LogP contribution is 2.07. The van der Waals surface area contributed by atoms with E-state index in [9.17, 15) is 4.79 Å². The van der Waals surface area contributed by atoms with Gasteiger partial charge in [-0.15, -0.1) is 0 Å². The maximum Gasteiger partial charge on any atom is 0.323 e. The first-order valence-corrected chi connectivity index (χ1v) is 5.93. The van der Waals surface area contributed by atoms with E-state index < -0.39 is 0 Å².